The van der Waals surface area contributed by atoms with Crippen molar-refractivity contribution in [2.45, 2.75) is 13.8 Å². The van der Waals surface area contributed by atoms with Crippen molar-refractivity contribution < 1.29 is 19.1 Å². The zero-order valence-corrected chi connectivity index (χ0v) is 19.2. The van der Waals surface area contributed by atoms with Gasteiger partial charge in [-0.15, -0.1) is 0 Å². The highest BCUT2D eigenvalue weighted by Crippen LogP contribution is 2.27. The molecule has 0 fully saturated rings. The zero-order chi connectivity index (χ0) is 24.5. The molecule has 0 aliphatic rings. The molecule has 34 heavy (non-hydrogen) atoms. The number of anilines is 2. The highest BCUT2D eigenvalue weighted by molar-refractivity contribution is 6.09. The summed E-state index contributed by atoms with van der Waals surface area (Å²) in [4.78, 5) is 25.0. The van der Waals surface area contributed by atoms with E-state index in [1.165, 1.54) is 13.2 Å². The van der Waals surface area contributed by atoms with Crippen LogP contribution < -0.4 is 20.1 Å². The summed E-state index contributed by atoms with van der Waals surface area (Å²) in [6.45, 7) is 3.58. The van der Waals surface area contributed by atoms with Crippen LogP contribution in [0.25, 0.3) is 6.08 Å². The SMILES string of the molecule is COc1ccc(/C=C(\C#N)C(=O)Nc2cccc(C)c2)c(OCC(=O)Nc2cccc(C)c2)c1. The van der Waals surface area contributed by atoms with Crippen LogP contribution in [-0.2, 0) is 9.59 Å². The van der Waals surface area contributed by atoms with Gasteiger partial charge in [0.15, 0.2) is 6.61 Å². The van der Waals surface area contributed by atoms with E-state index in [-0.39, 0.29) is 18.1 Å². The van der Waals surface area contributed by atoms with Crippen molar-refractivity contribution in [3.05, 3.63) is 89.0 Å². The third-order valence-electron chi connectivity index (χ3n) is 4.82. The van der Waals surface area contributed by atoms with Crippen LogP contribution in [0.3, 0.4) is 0 Å². The lowest BCUT2D eigenvalue weighted by atomic mass is 10.1. The summed E-state index contributed by atoms with van der Waals surface area (Å²) in [6.07, 6.45) is 1.42. The number of hydrogen-bond donors (Lipinski definition) is 2. The van der Waals surface area contributed by atoms with Crippen LogP contribution in [0.4, 0.5) is 11.4 Å². The van der Waals surface area contributed by atoms with Crippen molar-refractivity contribution in [2.75, 3.05) is 24.4 Å². The van der Waals surface area contributed by atoms with Gasteiger partial charge >= 0.3 is 0 Å². The summed E-state index contributed by atoms with van der Waals surface area (Å²) in [7, 11) is 1.51. The topological polar surface area (TPSA) is 100 Å². The first kappa shape index (κ1) is 24.1. The molecule has 172 valence electrons. The predicted octanol–water partition coefficient (Wildman–Crippen LogP) is 4.88. The molecule has 2 N–H and O–H groups in total. The van der Waals surface area contributed by atoms with Crippen molar-refractivity contribution in [1.82, 2.24) is 0 Å². The number of rotatable bonds is 8. The number of ether oxygens (including phenoxy) is 2. The van der Waals surface area contributed by atoms with Gasteiger partial charge in [0, 0.05) is 23.0 Å². The number of hydrogen-bond acceptors (Lipinski definition) is 5. The Labute approximate surface area is 198 Å². The van der Waals surface area contributed by atoms with E-state index in [2.05, 4.69) is 10.6 Å². The minimum Gasteiger partial charge on any atom is -0.497 e. The number of nitriles is 1. The Morgan fingerprint density at radius 1 is 0.941 bits per heavy atom. The van der Waals surface area contributed by atoms with Crippen LogP contribution in [0.2, 0.25) is 0 Å². The summed E-state index contributed by atoms with van der Waals surface area (Å²) in [5.74, 6) is -0.0862. The third-order valence-corrected chi connectivity index (χ3v) is 4.82. The van der Waals surface area contributed by atoms with E-state index < -0.39 is 5.91 Å². The molecule has 0 spiro atoms. The second kappa shape index (κ2) is 11.3. The van der Waals surface area contributed by atoms with Crippen molar-refractivity contribution in [3.63, 3.8) is 0 Å². The van der Waals surface area contributed by atoms with Gasteiger partial charge in [-0.3, -0.25) is 9.59 Å². The van der Waals surface area contributed by atoms with E-state index in [9.17, 15) is 14.9 Å². The lowest BCUT2D eigenvalue weighted by Gasteiger charge is -2.12. The maximum absolute atomic E-state index is 12.7. The highest BCUT2D eigenvalue weighted by Gasteiger charge is 2.13. The first-order valence-electron chi connectivity index (χ1n) is 10.5. The molecular weight excluding hydrogens is 430 g/mol. The minimum atomic E-state index is -0.549. The summed E-state index contributed by atoms with van der Waals surface area (Å²) in [5.41, 5.74) is 3.60. The smallest absolute Gasteiger partial charge is 0.266 e. The first-order valence-corrected chi connectivity index (χ1v) is 10.5. The van der Waals surface area contributed by atoms with Crippen molar-refractivity contribution in [3.8, 4) is 17.6 Å². The van der Waals surface area contributed by atoms with Gasteiger partial charge in [0.25, 0.3) is 11.8 Å². The fourth-order valence-corrected chi connectivity index (χ4v) is 3.17. The van der Waals surface area contributed by atoms with Crippen LogP contribution in [0.5, 0.6) is 11.5 Å². The normalized spacial score (nSPS) is 10.7. The zero-order valence-electron chi connectivity index (χ0n) is 19.2. The van der Waals surface area contributed by atoms with Gasteiger partial charge in [0.2, 0.25) is 0 Å². The molecule has 0 atom stereocenters. The van der Waals surface area contributed by atoms with Crippen LogP contribution >= 0.6 is 0 Å². The molecular formula is C27H25N3O4. The Morgan fingerprint density at radius 2 is 1.59 bits per heavy atom. The summed E-state index contributed by atoms with van der Waals surface area (Å²) in [5, 5.41) is 15.1. The molecule has 0 radical (unpaired) electrons. The van der Waals surface area contributed by atoms with Crippen LogP contribution in [0.15, 0.2) is 72.3 Å². The fraction of sp³-hybridized carbons (Fsp3) is 0.148. The molecule has 0 saturated heterocycles. The molecule has 7 nitrogen and oxygen atoms in total. The number of nitrogens with one attached hydrogen (secondary N) is 2. The summed E-state index contributed by atoms with van der Waals surface area (Å²) >= 11 is 0. The van der Waals surface area contributed by atoms with Crippen LogP contribution in [-0.4, -0.2) is 25.5 Å². The number of nitrogens with zero attached hydrogens (tertiary/aromatic N) is 1. The molecule has 2 amide bonds. The molecule has 0 aromatic heterocycles. The number of benzene rings is 3. The van der Waals surface area contributed by atoms with Crippen LogP contribution in [0.1, 0.15) is 16.7 Å². The van der Waals surface area contributed by atoms with E-state index in [1.807, 2.05) is 56.3 Å². The number of methoxy groups -OCH3 is 1. The second-order valence-electron chi connectivity index (χ2n) is 7.60. The van der Waals surface area contributed by atoms with E-state index in [4.69, 9.17) is 9.47 Å². The van der Waals surface area contributed by atoms with Gasteiger partial charge < -0.3 is 20.1 Å². The van der Waals surface area contributed by atoms with Gasteiger partial charge in [-0.1, -0.05) is 24.3 Å². The van der Waals surface area contributed by atoms with E-state index in [0.717, 1.165) is 11.1 Å². The standard InChI is InChI=1S/C27H25N3O4/c1-18-6-4-8-22(12-18)29-26(31)17-34-25-15-24(33-3)11-10-20(25)14-21(16-28)27(32)30-23-9-5-7-19(2)13-23/h4-15H,17H2,1-3H3,(H,29,31)(H,30,32)/b21-14+. The Kier molecular flexibility index (Phi) is 8.03. The summed E-state index contributed by atoms with van der Waals surface area (Å²) in [6, 6.07) is 21.6. The Bertz CT molecular complexity index is 1270. The Balaban J connectivity index is 1.78. The van der Waals surface area contributed by atoms with Gasteiger partial charge in [0.1, 0.15) is 23.1 Å². The van der Waals surface area contributed by atoms with E-state index in [0.29, 0.717) is 28.4 Å². The van der Waals surface area contributed by atoms with Crippen molar-refractivity contribution in [2.24, 2.45) is 0 Å². The predicted molar refractivity (Wildman–Crippen MR) is 132 cm³/mol. The van der Waals surface area contributed by atoms with Gasteiger partial charge in [-0.2, -0.15) is 5.26 Å². The largest absolute Gasteiger partial charge is 0.497 e. The molecule has 0 unspecified atom stereocenters. The number of amides is 2. The number of aryl methyl sites for hydroxylation is 2. The average molecular weight is 456 g/mol. The Hall–Kier alpha value is -4.57. The molecule has 0 aliphatic heterocycles. The van der Waals surface area contributed by atoms with Gasteiger partial charge in [0.05, 0.1) is 7.11 Å². The van der Waals surface area contributed by atoms with Crippen LogP contribution in [0, 0.1) is 25.2 Å². The van der Waals surface area contributed by atoms with Crippen molar-refractivity contribution >= 4 is 29.3 Å². The molecule has 0 aliphatic carbocycles. The average Bonchev–Trinajstić information content (AvgIpc) is 2.81. The summed E-state index contributed by atoms with van der Waals surface area (Å²) < 4.78 is 11.0. The monoisotopic (exact) mass is 455 g/mol. The number of carbonyl (C=O) groups is 2. The quantitative estimate of drug-likeness (QED) is 0.373. The van der Waals surface area contributed by atoms with E-state index >= 15 is 0 Å². The molecule has 0 heterocycles. The highest BCUT2D eigenvalue weighted by atomic mass is 16.5. The first-order chi connectivity index (χ1) is 16.4. The molecule has 0 saturated carbocycles. The molecule has 3 aromatic rings. The molecule has 7 heteroatoms. The van der Waals surface area contributed by atoms with Gasteiger partial charge in [-0.25, -0.2) is 0 Å². The lowest BCUT2D eigenvalue weighted by Crippen LogP contribution is -2.20. The van der Waals surface area contributed by atoms with Crippen molar-refractivity contribution in [1.29, 1.82) is 5.26 Å². The third kappa shape index (κ3) is 6.71. The minimum absolute atomic E-state index is 0.110. The maximum Gasteiger partial charge on any atom is 0.266 e. The Morgan fingerprint density at radius 3 is 2.18 bits per heavy atom. The molecule has 3 rings (SSSR count). The van der Waals surface area contributed by atoms with E-state index in [1.54, 1.807) is 30.3 Å². The lowest BCUT2D eigenvalue weighted by molar-refractivity contribution is -0.118. The maximum atomic E-state index is 12.7. The second-order valence-corrected chi connectivity index (χ2v) is 7.60. The number of carbonyl (C=O) groups excluding carboxylic acids is 2. The van der Waals surface area contributed by atoms with Gasteiger partial charge in [-0.05, 0) is 67.4 Å². The molecule has 3 aromatic carbocycles. The fourth-order valence-electron chi connectivity index (χ4n) is 3.17. The molecule has 0 bridgehead atoms.